The van der Waals surface area contributed by atoms with Gasteiger partial charge in [-0.15, -0.1) is 0 Å². The number of aryl methyl sites for hydroxylation is 1. The van der Waals surface area contributed by atoms with Crippen LogP contribution in [0.4, 0.5) is 5.69 Å². The number of nitrogens with zero attached hydrogens (tertiary/aromatic N) is 1. The first-order valence-electron chi connectivity index (χ1n) is 7.57. The van der Waals surface area contributed by atoms with Crippen molar-refractivity contribution >= 4 is 11.8 Å². The maximum absolute atomic E-state index is 9.79. The molecule has 0 aliphatic carbocycles. The van der Waals surface area contributed by atoms with Gasteiger partial charge in [0.05, 0.1) is 12.6 Å². The number of fused-ring (bicyclic) bond motifs is 1. The van der Waals surface area contributed by atoms with Crippen LogP contribution in [0.3, 0.4) is 0 Å². The summed E-state index contributed by atoms with van der Waals surface area (Å²) in [6.07, 6.45) is 6.48. The average Bonchev–Trinajstić information content (AvgIpc) is 2.56. The molecule has 2 aromatic carbocycles. The largest absolute Gasteiger partial charge is 0.394 e. The Morgan fingerprint density at radius 1 is 1.05 bits per heavy atom. The highest BCUT2D eigenvalue weighted by atomic mass is 16.3. The van der Waals surface area contributed by atoms with Gasteiger partial charge >= 0.3 is 0 Å². The van der Waals surface area contributed by atoms with Crippen molar-refractivity contribution in [3.8, 4) is 0 Å². The van der Waals surface area contributed by atoms with E-state index < -0.39 is 0 Å². The molecule has 1 aliphatic rings. The number of benzene rings is 2. The lowest BCUT2D eigenvalue weighted by Gasteiger charge is -2.35. The Hall–Kier alpha value is -2.06. The molecule has 2 heteroatoms. The maximum atomic E-state index is 9.79. The fourth-order valence-corrected chi connectivity index (χ4v) is 2.96. The maximum Gasteiger partial charge on any atom is 0.0707 e. The van der Waals surface area contributed by atoms with E-state index in [9.17, 15) is 5.11 Å². The molecule has 1 aliphatic heterocycles. The van der Waals surface area contributed by atoms with Gasteiger partial charge in [-0.2, -0.15) is 0 Å². The second-order valence-electron chi connectivity index (χ2n) is 5.45. The molecule has 108 valence electrons. The number of hydrogen-bond donors (Lipinski definition) is 1. The minimum absolute atomic E-state index is 0.0339. The van der Waals surface area contributed by atoms with Crippen LogP contribution in [0.5, 0.6) is 0 Å². The Kier molecular flexibility index (Phi) is 4.37. The van der Waals surface area contributed by atoms with Crippen LogP contribution in [0.2, 0.25) is 0 Å². The molecule has 0 saturated carbocycles. The molecule has 1 atom stereocenters. The van der Waals surface area contributed by atoms with Crippen LogP contribution in [0.15, 0.2) is 60.7 Å². The Balaban J connectivity index is 1.83. The molecule has 21 heavy (non-hydrogen) atoms. The highest BCUT2D eigenvalue weighted by molar-refractivity contribution is 5.59. The zero-order valence-electron chi connectivity index (χ0n) is 12.2. The van der Waals surface area contributed by atoms with Gasteiger partial charge in [0.1, 0.15) is 0 Å². The van der Waals surface area contributed by atoms with Crippen molar-refractivity contribution in [2.24, 2.45) is 0 Å². The molecule has 0 fully saturated rings. The van der Waals surface area contributed by atoms with Crippen LogP contribution in [0.25, 0.3) is 6.08 Å². The standard InChI is InChI=1S/C19H21NO/c21-15-18(13-12-16-7-2-1-3-8-16)20-14-6-10-17-9-4-5-11-19(17)20/h1-5,7-9,11-13,18,21H,6,10,14-15H2/b13-12+. The van der Waals surface area contributed by atoms with Crippen LogP contribution in [0, 0.1) is 0 Å². The van der Waals surface area contributed by atoms with Gasteiger partial charge < -0.3 is 10.0 Å². The van der Waals surface area contributed by atoms with E-state index in [4.69, 9.17) is 0 Å². The lowest BCUT2D eigenvalue weighted by Crippen LogP contribution is -2.40. The van der Waals surface area contributed by atoms with Gasteiger partial charge in [-0.1, -0.05) is 60.7 Å². The minimum Gasteiger partial charge on any atom is -0.394 e. The summed E-state index contributed by atoms with van der Waals surface area (Å²) in [4.78, 5) is 2.32. The number of aliphatic hydroxyl groups excluding tert-OH is 1. The molecule has 0 bridgehead atoms. The Morgan fingerprint density at radius 2 is 1.81 bits per heavy atom. The molecule has 1 unspecified atom stereocenters. The van der Waals surface area contributed by atoms with E-state index in [-0.39, 0.29) is 12.6 Å². The second kappa shape index (κ2) is 6.59. The lowest BCUT2D eigenvalue weighted by molar-refractivity contribution is 0.277. The summed E-state index contributed by atoms with van der Waals surface area (Å²) in [7, 11) is 0. The molecular formula is C19H21NO. The van der Waals surface area contributed by atoms with E-state index in [2.05, 4.69) is 53.5 Å². The van der Waals surface area contributed by atoms with Crippen molar-refractivity contribution in [3.63, 3.8) is 0 Å². The van der Waals surface area contributed by atoms with Gasteiger partial charge in [0.25, 0.3) is 0 Å². The van der Waals surface area contributed by atoms with Crippen LogP contribution < -0.4 is 4.90 Å². The summed E-state index contributed by atoms with van der Waals surface area (Å²) in [5.41, 5.74) is 3.82. The van der Waals surface area contributed by atoms with E-state index in [1.165, 1.54) is 16.8 Å². The molecule has 1 N–H and O–H groups in total. The van der Waals surface area contributed by atoms with Gasteiger partial charge in [-0.25, -0.2) is 0 Å². The predicted octanol–water partition coefficient (Wildman–Crippen LogP) is 3.51. The SMILES string of the molecule is OCC(/C=C/c1ccccc1)N1CCCc2ccccc21. The molecule has 1 heterocycles. The zero-order valence-corrected chi connectivity index (χ0v) is 12.2. The van der Waals surface area contributed by atoms with E-state index in [1.54, 1.807) is 0 Å². The first kappa shape index (κ1) is 13.9. The molecule has 2 nitrogen and oxygen atoms in total. The van der Waals surface area contributed by atoms with Gasteiger partial charge in [-0.3, -0.25) is 0 Å². The third-order valence-corrected chi connectivity index (χ3v) is 4.04. The van der Waals surface area contributed by atoms with Crippen molar-refractivity contribution in [1.29, 1.82) is 0 Å². The number of rotatable bonds is 4. The topological polar surface area (TPSA) is 23.5 Å². The highest BCUT2D eigenvalue weighted by Gasteiger charge is 2.21. The van der Waals surface area contributed by atoms with Crippen molar-refractivity contribution in [2.45, 2.75) is 18.9 Å². The monoisotopic (exact) mass is 279 g/mol. The molecule has 3 rings (SSSR count). The lowest BCUT2D eigenvalue weighted by atomic mass is 9.99. The average molecular weight is 279 g/mol. The van der Waals surface area contributed by atoms with Gasteiger partial charge in [0.15, 0.2) is 0 Å². The summed E-state index contributed by atoms with van der Waals surface area (Å²) in [5.74, 6) is 0. The summed E-state index contributed by atoms with van der Waals surface area (Å²) in [6, 6.07) is 18.8. The molecule has 0 radical (unpaired) electrons. The fourth-order valence-electron chi connectivity index (χ4n) is 2.96. The summed E-state index contributed by atoms with van der Waals surface area (Å²) < 4.78 is 0. The van der Waals surface area contributed by atoms with Crippen LogP contribution in [-0.4, -0.2) is 24.3 Å². The van der Waals surface area contributed by atoms with Crippen molar-refractivity contribution in [2.75, 3.05) is 18.1 Å². The molecule has 0 amide bonds. The zero-order chi connectivity index (χ0) is 14.5. The van der Waals surface area contributed by atoms with E-state index in [0.29, 0.717) is 0 Å². The summed E-state index contributed by atoms with van der Waals surface area (Å²) >= 11 is 0. The van der Waals surface area contributed by atoms with Gasteiger partial charge in [-0.05, 0) is 30.0 Å². The Bertz CT molecular complexity index is 606. The first-order valence-corrected chi connectivity index (χ1v) is 7.57. The van der Waals surface area contributed by atoms with Crippen LogP contribution >= 0.6 is 0 Å². The quantitative estimate of drug-likeness (QED) is 0.925. The molecule has 2 aromatic rings. The smallest absolute Gasteiger partial charge is 0.0707 e. The molecular weight excluding hydrogens is 258 g/mol. The second-order valence-corrected chi connectivity index (χ2v) is 5.45. The molecule has 0 saturated heterocycles. The predicted molar refractivity (Wildman–Crippen MR) is 88.5 cm³/mol. The van der Waals surface area contributed by atoms with Crippen molar-refractivity contribution in [1.82, 2.24) is 0 Å². The first-order chi connectivity index (χ1) is 10.4. The third-order valence-electron chi connectivity index (χ3n) is 4.04. The molecule has 0 aromatic heterocycles. The molecule has 0 spiro atoms. The normalized spacial score (nSPS) is 16.0. The van der Waals surface area contributed by atoms with E-state index >= 15 is 0 Å². The number of aliphatic hydroxyl groups is 1. The number of para-hydroxylation sites is 1. The Morgan fingerprint density at radius 3 is 2.62 bits per heavy atom. The summed E-state index contributed by atoms with van der Waals surface area (Å²) in [5, 5.41) is 9.79. The fraction of sp³-hybridized carbons (Fsp3) is 0.263. The minimum atomic E-state index is 0.0339. The summed E-state index contributed by atoms with van der Waals surface area (Å²) in [6.45, 7) is 1.14. The third kappa shape index (κ3) is 3.17. The van der Waals surface area contributed by atoms with Gasteiger partial charge in [0.2, 0.25) is 0 Å². The number of hydrogen-bond acceptors (Lipinski definition) is 2. The van der Waals surface area contributed by atoms with Gasteiger partial charge in [0, 0.05) is 12.2 Å². The number of anilines is 1. The van der Waals surface area contributed by atoms with Crippen LogP contribution in [-0.2, 0) is 6.42 Å². The van der Waals surface area contributed by atoms with Crippen LogP contribution in [0.1, 0.15) is 17.5 Å². The highest BCUT2D eigenvalue weighted by Crippen LogP contribution is 2.28. The van der Waals surface area contributed by atoms with Crippen molar-refractivity contribution in [3.05, 3.63) is 71.8 Å². The van der Waals surface area contributed by atoms with E-state index in [1.807, 2.05) is 18.2 Å². The van der Waals surface area contributed by atoms with Crippen molar-refractivity contribution < 1.29 is 5.11 Å². The van der Waals surface area contributed by atoms with E-state index in [0.717, 1.165) is 19.4 Å². The Labute approximate surface area is 126 Å².